The second-order valence-corrected chi connectivity index (χ2v) is 2.88. The van der Waals surface area contributed by atoms with Gasteiger partial charge in [-0.2, -0.15) is 10.6 Å². The zero-order chi connectivity index (χ0) is 7.40. The highest BCUT2D eigenvalue weighted by atomic mass is 32.2. The lowest BCUT2D eigenvalue weighted by Gasteiger charge is -1.94. The largest absolute Gasteiger partial charge is 0.444 e. The first kappa shape index (κ1) is 7.28. The van der Waals surface area contributed by atoms with Gasteiger partial charge >= 0.3 is 0 Å². The Labute approximate surface area is 62.1 Å². The molecule has 1 aromatic rings. The van der Waals surface area contributed by atoms with Gasteiger partial charge < -0.3 is 8.57 Å². The first-order chi connectivity index (χ1) is 4.79. The van der Waals surface area contributed by atoms with Crippen LogP contribution in [0.25, 0.3) is 0 Å². The molecule has 0 bridgehead atoms. The lowest BCUT2D eigenvalue weighted by atomic mass is 10.3. The molecular formula is C7H8NOS-. The maximum atomic E-state index is 10.6. The Balaban J connectivity index is 2.98. The van der Waals surface area contributed by atoms with Crippen molar-refractivity contribution in [1.82, 2.24) is 0 Å². The lowest BCUT2D eigenvalue weighted by Crippen LogP contribution is -1.64. The molecule has 0 aliphatic heterocycles. The van der Waals surface area contributed by atoms with E-state index >= 15 is 0 Å². The molecule has 1 aromatic carbocycles. The summed E-state index contributed by atoms with van der Waals surface area (Å²) in [6, 6.07) is 9.28. The summed E-state index contributed by atoms with van der Waals surface area (Å²) in [4.78, 5) is 0. The molecule has 0 saturated heterocycles. The molecule has 3 heteroatoms. The number of rotatable bonds is 1. The van der Waals surface area contributed by atoms with Gasteiger partial charge in [0.05, 0.1) is 0 Å². The summed E-state index contributed by atoms with van der Waals surface area (Å²) in [7, 11) is -1.09. The Bertz CT molecular complexity index is 275. The predicted octanol–water partition coefficient (Wildman–Crippen LogP) is 2.10. The Morgan fingerprint density at radius 1 is 1.30 bits per heavy atom. The summed E-state index contributed by atoms with van der Waals surface area (Å²) in [5.41, 5.74) is 0.767. The number of benzene rings is 1. The molecule has 0 amide bonds. The number of hydrogen-bond donors (Lipinski definition) is 0. The fourth-order valence-electron chi connectivity index (χ4n) is 0.637. The Morgan fingerprint density at radius 2 is 1.90 bits per heavy atom. The molecule has 0 spiro atoms. The van der Waals surface area contributed by atoms with Gasteiger partial charge in [-0.15, -0.1) is 6.26 Å². The fourth-order valence-corrected chi connectivity index (χ4v) is 1.06. The van der Waals surface area contributed by atoms with Gasteiger partial charge in [0.1, 0.15) is 0 Å². The minimum atomic E-state index is -1.09. The van der Waals surface area contributed by atoms with Crippen LogP contribution >= 0.6 is 0 Å². The maximum absolute atomic E-state index is 10.6. The summed E-state index contributed by atoms with van der Waals surface area (Å²) < 4.78 is 14.4. The summed E-state index contributed by atoms with van der Waals surface area (Å²) in [5, 5.41) is 0. The average Bonchev–Trinajstić information content (AvgIpc) is 1.88. The van der Waals surface area contributed by atoms with E-state index in [1.54, 1.807) is 6.26 Å². The van der Waals surface area contributed by atoms with Crippen molar-refractivity contribution in [3.63, 3.8) is 0 Å². The lowest BCUT2D eigenvalue weighted by molar-refractivity contribution is 0.603. The van der Waals surface area contributed by atoms with E-state index in [2.05, 4.69) is 4.36 Å². The highest BCUT2D eigenvalue weighted by Crippen LogP contribution is 2.08. The van der Waals surface area contributed by atoms with E-state index in [0.717, 1.165) is 5.69 Å². The van der Waals surface area contributed by atoms with Crippen molar-refractivity contribution in [2.45, 2.75) is 0 Å². The van der Waals surface area contributed by atoms with Crippen molar-refractivity contribution in [3.05, 3.63) is 30.3 Å². The van der Waals surface area contributed by atoms with Crippen molar-refractivity contribution < 1.29 is 4.21 Å². The summed E-state index contributed by atoms with van der Waals surface area (Å²) in [6.45, 7) is 0. The van der Waals surface area contributed by atoms with Crippen molar-refractivity contribution in [2.24, 2.45) is 4.36 Å². The molecular weight excluding hydrogens is 146 g/mol. The van der Waals surface area contributed by atoms with Crippen LogP contribution in [-0.2, 0) is 14.8 Å². The molecule has 0 aliphatic carbocycles. The third-order valence-electron chi connectivity index (χ3n) is 0.990. The smallest absolute Gasteiger partial charge is 0.0366 e. The summed E-state index contributed by atoms with van der Waals surface area (Å²) in [6.07, 6.45) is 1.55. The SMILES string of the molecule is C[S-](=O)=Nc1ccccc1. The van der Waals surface area contributed by atoms with Crippen LogP contribution in [-0.4, -0.2) is 6.26 Å². The molecule has 0 radical (unpaired) electrons. The number of hydrogen-bond acceptors (Lipinski definition) is 3. The number of nitrogens with zero attached hydrogens (tertiary/aromatic N) is 1. The van der Waals surface area contributed by atoms with Gasteiger partial charge in [0.2, 0.25) is 0 Å². The van der Waals surface area contributed by atoms with Crippen molar-refractivity contribution in [1.29, 1.82) is 0 Å². The predicted molar refractivity (Wildman–Crippen MR) is 42.5 cm³/mol. The average molecular weight is 154 g/mol. The van der Waals surface area contributed by atoms with Crippen molar-refractivity contribution in [3.8, 4) is 0 Å². The molecule has 0 fully saturated rings. The van der Waals surface area contributed by atoms with Crippen LogP contribution in [0.3, 0.4) is 0 Å². The van der Waals surface area contributed by atoms with Gasteiger partial charge in [0.25, 0.3) is 0 Å². The Morgan fingerprint density at radius 3 is 2.40 bits per heavy atom. The molecule has 1 rings (SSSR count). The van der Waals surface area contributed by atoms with Gasteiger partial charge in [-0.3, -0.25) is 0 Å². The van der Waals surface area contributed by atoms with Gasteiger partial charge in [-0.05, 0) is 12.1 Å². The molecule has 54 valence electrons. The molecule has 0 atom stereocenters. The molecule has 0 unspecified atom stereocenters. The van der Waals surface area contributed by atoms with Crippen LogP contribution in [0.2, 0.25) is 0 Å². The normalized spacial score (nSPS) is 13.3. The molecule has 0 aliphatic rings. The van der Waals surface area contributed by atoms with E-state index in [1.165, 1.54) is 0 Å². The summed E-state index contributed by atoms with van der Waals surface area (Å²) in [5.74, 6) is 0. The zero-order valence-corrected chi connectivity index (χ0v) is 6.47. The fraction of sp³-hybridized carbons (Fsp3) is 0.143. The van der Waals surface area contributed by atoms with Crippen LogP contribution in [0, 0.1) is 0 Å². The first-order valence-corrected chi connectivity index (χ1v) is 4.41. The molecule has 2 nitrogen and oxygen atoms in total. The third kappa shape index (κ3) is 2.19. The van der Waals surface area contributed by atoms with Crippen LogP contribution in [0.15, 0.2) is 34.7 Å². The molecule has 0 aromatic heterocycles. The van der Waals surface area contributed by atoms with E-state index in [1.807, 2.05) is 30.3 Å². The highest BCUT2D eigenvalue weighted by molar-refractivity contribution is 7.74. The maximum Gasteiger partial charge on any atom is 0.0366 e. The van der Waals surface area contributed by atoms with E-state index in [9.17, 15) is 4.21 Å². The van der Waals surface area contributed by atoms with Crippen LogP contribution in [0.4, 0.5) is 5.69 Å². The van der Waals surface area contributed by atoms with E-state index in [0.29, 0.717) is 0 Å². The van der Waals surface area contributed by atoms with E-state index < -0.39 is 10.6 Å². The standard InChI is InChI=1S/C7H8NOS/c1-10(9)8-7-5-3-2-4-6-7/h2-6H,1H3/q-1. The molecule has 0 saturated carbocycles. The molecule has 0 N–H and O–H groups in total. The van der Waals surface area contributed by atoms with Crippen LogP contribution < -0.4 is 0 Å². The Kier molecular flexibility index (Phi) is 2.45. The van der Waals surface area contributed by atoms with Crippen LogP contribution in [0.5, 0.6) is 0 Å². The van der Waals surface area contributed by atoms with E-state index in [-0.39, 0.29) is 0 Å². The second-order valence-electron chi connectivity index (χ2n) is 1.85. The second kappa shape index (κ2) is 3.37. The summed E-state index contributed by atoms with van der Waals surface area (Å²) >= 11 is 0. The third-order valence-corrected chi connectivity index (χ3v) is 1.46. The van der Waals surface area contributed by atoms with Crippen molar-refractivity contribution >= 4 is 16.3 Å². The van der Waals surface area contributed by atoms with Gasteiger partial charge in [0, 0.05) is 5.69 Å². The topological polar surface area (TPSA) is 29.4 Å². The quantitative estimate of drug-likeness (QED) is 0.569. The zero-order valence-electron chi connectivity index (χ0n) is 5.65. The van der Waals surface area contributed by atoms with Crippen molar-refractivity contribution in [2.75, 3.05) is 6.26 Å². The van der Waals surface area contributed by atoms with Crippen LogP contribution in [0.1, 0.15) is 0 Å². The Hall–Kier alpha value is -0.830. The monoisotopic (exact) mass is 154 g/mol. The first-order valence-electron chi connectivity index (χ1n) is 2.89. The minimum Gasteiger partial charge on any atom is -0.444 e. The highest BCUT2D eigenvalue weighted by Gasteiger charge is 1.76. The minimum absolute atomic E-state index is 0.767. The van der Waals surface area contributed by atoms with Gasteiger partial charge in [0.15, 0.2) is 0 Å². The van der Waals surface area contributed by atoms with E-state index in [4.69, 9.17) is 0 Å². The molecule has 10 heavy (non-hydrogen) atoms. The van der Waals surface area contributed by atoms with Gasteiger partial charge in [-0.25, -0.2) is 0 Å². The van der Waals surface area contributed by atoms with Gasteiger partial charge in [-0.1, -0.05) is 18.2 Å². The molecule has 0 heterocycles.